The van der Waals surface area contributed by atoms with E-state index in [2.05, 4.69) is 0 Å². The number of fused-ring (bicyclic) bond motifs is 1. The highest BCUT2D eigenvalue weighted by Crippen LogP contribution is 2.26. The number of hydrogen-bond donors (Lipinski definition) is 0. The first-order chi connectivity index (χ1) is 14.3. The van der Waals surface area contributed by atoms with Crippen LogP contribution in [0.15, 0.2) is 36.4 Å². The predicted octanol–water partition coefficient (Wildman–Crippen LogP) is 2.68. The molecule has 8 heteroatoms. The van der Waals surface area contributed by atoms with Gasteiger partial charge in [-0.3, -0.25) is 4.79 Å². The molecule has 1 saturated heterocycles. The molecule has 30 heavy (non-hydrogen) atoms. The molecule has 0 bridgehead atoms. The molecule has 7 nitrogen and oxygen atoms in total. The topological polar surface area (TPSA) is 70.2 Å². The predicted molar refractivity (Wildman–Crippen MR) is 119 cm³/mol. The van der Waals surface area contributed by atoms with Gasteiger partial charge in [-0.15, -0.1) is 0 Å². The summed E-state index contributed by atoms with van der Waals surface area (Å²) in [5.41, 5.74) is 0.954. The zero-order chi connectivity index (χ0) is 21.9. The Hall–Kier alpha value is -2.16. The molecular formula is C22H31N3O4S. The zero-order valence-corrected chi connectivity index (χ0v) is 19.0. The molecule has 0 aromatic heterocycles. The summed E-state index contributed by atoms with van der Waals surface area (Å²) in [5.74, 6) is 0.544. The fourth-order valence-corrected chi connectivity index (χ4v) is 5.51. The van der Waals surface area contributed by atoms with Gasteiger partial charge in [0.15, 0.2) is 0 Å². The number of hydrogen-bond acceptors (Lipinski definition) is 4. The van der Waals surface area contributed by atoms with Crippen LogP contribution in [-0.4, -0.2) is 74.2 Å². The lowest BCUT2D eigenvalue weighted by atomic mass is 9.96. The molecule has 1 aliphatic rings. The molecule has 164 valence electrons. The summed E-state index contributed by atoms with van der Waals surface area (Å²) in [6.07, 6.45) is 0. The number of rotatable bonds is 7. The van der Waals surface area contributed by atoms with Crippen LogP contribution in [0.5, 0.6) is 5.75 Å². The van der Waals surface area contributed by atoms with Crippen LogP contribution in [0, 0.1) is 0 Å². The second kappa shape index (κ2) is 9.32. The lowest BCUT2D eigenvalue weighted by molar-refractivity contribution is -0.133. The summed E-state index contributed by atoms with van der Waals surface area (Å²) in [4.78, 5) is 14.8. The van der Waals surface area contributed by atoms with E-state index in [4.69, 9.17) is 4.74 Å². The summed E-state index contributed by atoms with van der Waals surface area (Å²) < 4.78 is 33.6. The number of carbonyl (C=O) groups excluding carboxylic acids is 1. The highest BCUT2D eigenvalue weighted by Gasteiger charge is 2.33. The monoisotopic (exact) mass is 433 g/mol. The number of nitrogens with zero attached hydrogens (tertiary/aromatic N) is 3. The van der Waals surface area contributed by atoms with Crippen molar-refractivity contribution in [3.05, 3.63) is 42.0 Å². The standard InChI is InChI=1S/C22H31N3O4S/c1-5-24(6-2)30(27,28)25-13-11-23(12-14-25)22(26)17(3)18-7-8-20-16-21(29-4)10-9-19(20)15-18/h7-10,15-17H,5-6,11-14H2,1-4H3/t17-/m0/s1. The van der Waals surface area contributed by atoms with Crippen molar-refractivity contribution in [3.63, 3.8) is 0 Å². The smallest absolute Gasteiger partial charge is 0.282 e. The maximum atomic E-state index is 13.1. The lowest BCUT2D eigenvalue weighted by Crippen LogP contribution is -2.54. The molecule has 0 N–H and O–H groups in total. The average Bonchev–Trinajstić information content (AvgIpc) is 2.78. The van der Waals surface area contributed by atoms with E-state index in [0.29, 0.717) is 39.3 Å². The molecular weight excluding hydrogens is 402 g/mol. The van der Waals surface area contributed by atoms with Gasteiger partial charge in [0.2, 0.25) is 5.91 Å². The number of carbonyl (C=O) groups is 1. The van der Waals surface area contributed by atoms with Crippen LogP contribution in [-0.2, 0) is 15.0 Å². The fourth-order valence-electron chi connectivity index (χ4n) is 3.91. The summed E-state index contributed by atoms with van der Waals surface area (Å²) in [5, 5.41) is 2.12. The third kappa shape index (κ3) is 4.45. The highest BCUT2D eigenvalue weighted by atomic mass is 32.2. The maximum absolute atomic E-state index is 13.1. The fraction of sp³-hybridized carbons (Fsp3) is 0.500. The summed E-state index contributed by atoms with van der Waals surface area (Å²) in [6.45, 7) is 7.95. The second-order valence-electron chi connectivity index (χ2n) is 7.51. The van der Waals surface area contributed by atoms with E-state index >= 15 is 0 Å². The van der Waals surface area contributed by atoms with Crippen molar-refractivity contribution < 1.29 is 17.9 Å². The molecule has 2 aromatic carbocycles. The SMILES string of the molecule is CCN(CC)S(=O)(=O)N1CCN(C(=O)[C@@H](C)c2ccc3cc(OC)ccc3c2)CC1. The summed E-state index contributed by atoms with van der Waals surface area (Å²) in [6, 6.07) is 11.9. The Morgan fingerprint density at radius 3 is 2.23 bits per heavy atom. The summed E-state index contributed by atoms with van der Waals surface area (Å²) in [7, 11) is -1.82. The molecule has 1 aliphatic heterocycles. The highest BCUT2D eigenvalue weighted by molar-refractivity contribution is 7.86. The van der Waals surface area contributed by atoms with Crippen LogP contribution in [0.3, 0.4) is 0 Å². The van der Waals surface area contributed by atoms with Crippen molar-refractivity contribution in [2.24, 2.45) is 0 Å². The summed E-state index contributed by atoms with van der Waals surface area (Å²) >= 11 is 0. The Bertz CT molecular complexity index is 997. The number of methoxy groups -OCH3 is 1. The Morgan fingerprint density at radius 2 is 1.63 bits per heavy atom. The van der Waals surface area contributed by atoms with Gasteiger partial charge in [0.05, 0.1) is 13.0 Å². The van der Waals surface area contributed by atoms with E-state index in [1.54, 1.807) is 12.0 Å². The first-order valence-corrected chi connectivity index (χ1v) is 11.8. The van der Waals surface area contributed by atoms with Crippen LogP contribution in [0.1, 0.15) is 32.3 Å². The normalized spacial score (nSPS) is 16.8. The average molecular weight is 434 g/mol. The van der Waals surface area contributed by atoms with Crippen molar-refractivity contribution in [2.45, 2.75) is 26.7 Å². The molecule has 2 aromatic rings. The number of piperazine rings is 1. The minimum absolute atomic E-state index is 0.0303. The van der Waals surface area contributed by atoms with Crippen LogP contribution in [0.4, 0.5) is 0 Å². The Morgan fingerprint density at radius 1 is 1.03 bits per heavy atom. The molecule has 1 amide bonds. The number of amides is 1. The first kappa shape index (κ1) is 22.5. The van der Waals surface area contributed by atoms with E-state index < -0.39 is 10.2 Å². The maximum Gasteiger partial charge on any atom is 0.282 e. The van der Waals surface area contributed by atoms with E-state index in [-0.39, 0.29) is 11.8 Å². The minimum atomic E-state index is -3.46. The van der Waals surface area contributed by atoms with Gasteiger partial charge in [-0.1, -0.05) is 38.1 Å². The van der Waals surface area contributed by atoms with Crippen molar-refractivity contribution in [1.82, 2.24) is 13.5 Å². The van der Waals surface area contributed by atoms with Gasteiger partial charge in [-0.25, -0.2) is 0 Å². The van der Waals surface area contributed by atoms with E-state index in [1.807, 2.05) is 57.2 Å². The van der Waals surface area contributed by atoms with Crippen molar-refractivity contribution in [1.29, 1.82) is 0 Å². The Kier molecular flexibility index (Phi) is 7.00. The van der Waals surface area contributed by atoms with E-state index in [1.165, 1.54) is 8.61 Å². The first-order valence-electron chi connectivity index (χ1n) is 10.4. The Labute approximate surface area is 179 Å². The molecule has 1 atom stereocenters. The van der Waals surface area contributed by atoms with Gasteiger partial charge >= 0.3 is 0 Å². The molecule has 0 radical (unpaired) electrons. The minimum Gasteiger partial charge on any atom is -0.497 e. The number of ether oxygens (including phenoxy) is 1. The lowest BCUT2D eigenvalue weighted by Gasteiger charge is -2.37. The third-order valence-electron chi connectivity index (χ3n) is 5.85. The van der Waals surface area contributed by atoms with Crippen molar-refractivity contribution in [3.8, 4) is 5.75 Å². The Balaban J connectivity index is 1.68. The zero-order valence-electron chi connectivity index (χ0n) is 18.2. The van der Waals surface area contributed by atoms with Crippen LogP contribution < -0.4 is 4.74 Å². The molecule has 0 saturated carbocycles. The van der Waals surface area contributed by atoms with Gasteiger partial charge in [0.1, 0.15) is 5.75 Å². The quantitative estimate of drug-likeness (QED) is 0.673. The molecule has 0 unspecified atom stereocenters. The van der Waals surface area contributed by atoms with Gasteiger partial charge < -0.3 is 9.64 Å². The third-order valence-corrected chi connectivity index (χ3v) is 8.04. The van der Waals surface area contributed by atoms with Crippen LogP contribution >= 0.6 is 0 Å². The second-order valence-corrected chi connectivity index (χ2v) is 9.44. The molecule has 0 spiro atoms. The molecule has 0 aliphatic carbocycles. The molecule has 1 fully saturated rings. The van der Waals surface area contributed by atoms with Gasteiger partial charge in [-0.05, 0) is 35.4 Å². The van der Waals surface area contributed by atoms with Gasteiger partial charge in [0.25, 0.3) is 10.2 Å². The van der Waals surface area contributed by atoms with Crippen molar-refractivity contribution in [2.75, 3.05) is 46.4 Å². The van der Waals surface area contributed by atoms with E-state index in [9.17, 15) is 13.2 Å². The largest absolute Gasteiger partial charge is 0.497 e. The van der Waals surface area contributed by atoms with Gasteiger partial charge in [0, 0.05) is 39.3 Å². The molecule has 3 rings (SSSR count). The number of benzene rings is 2. The van der Waals surface area contributed by atoms with Crippen LogP contribution in [0.25, 0.3) is 10.8 Å². The van der Waals surface area contributed by atoms with Crippen LogP contribution in [0.2, 0.25) is 0 Å². The van der Waals surface area contributed by atoms with E-state index in [0.717, 1.165) is 22.1 Å². The van der Waals surface area contributed by atoms with Gasteiger partial charge in [-0.2, -0.15) is 17.0 Å². The van der Waals surface area contributed by atoms with Crippen molar-refractivity contribution >= 4 is 26.9 Å². The molecule has 1 heterocycles.